The Balaban J connectivity index is 2.79. The third kappa shape index (κ3) is 3.18. The number of hydrogen-bond acceptors (Lipinski definition) is 4. The van der Waals surface area contributed by atoms with Crippen LogP contribution in [0.2, 0.25) is 0 Å². The highest BCUT2D eigenvalue weighted by atomic mass is 16.5. The van der Waals surface area contributed by atoms with Gasteiger partial charge in [-0.3, -0.25) is 4.98 Å². The van der Waals surface area contributed by atoms with Crippen LogP contribution in [0.4, 0.5) is 0 Å². The van der Waals surface area contributed by atoms with E-state index < -0.39 is 5.60 Å². The fraction of sp³-hybridized carbons (Fsp3) is 0.583. The van der Waals surface area contributed by atoms with Crippen molar-refractivity contribution in [3.8, 4) is 5.75 Å². The highest BCUT2D eigenvalue weighted by Gasteiger charge is 2.27. The Bertz CT molecular complexity index is 327. The quantitative estimate of drug-likeness (QED) is 0.715. The zero-order valence-electron chi connectivity index (χ0n) is 10.2. The molecule has 0 aliphatic carbocycles. The minimum Gasteiger partial charge on any atom is -0.495 e. The minimum atomic E-state index is -1.01. The van der Waals surface area contributed by atoms with Gasteiger partial charge in [0.05, 0.1) is 7.11 Å². The third-order valence-corrected chi connectivity index (χ3v) is 2.40. The average Bonchev–Trinajstić information content (AvgIpc) is 2.29. The van der Waals surface area contributed by atoms with Gasteiger partial charge in [0.15, 0.2) is 0 Å². The zero-order valence-corrected chi connectivity index (χ0v) is 10.2. The standard InChI is InChI=1S/C12H20N2O2/c1-4-7-13-9-12(2,15)11-10(16-3)6-5-8-14-11/h5-6,8,13,15H,4,7,9H2,1-3H3. The van der Waals surface area contributed by atoms with Gasteiger partial charge < -0.3 is 15.2 Å². The molecular weight excluding hydrogens is 204 g/mol. The molecule has 1 unspecified atom stereocenters. The summed E-state index contributed by atoms with van der Waals surface area (Å²) in [7, 11) is 1.58. The molecule has 0 radical (unpaired) electrons. The van der Waals surface area contributed by atoms with E-state index in [4.69, 9.17) is 4.74 Å². The van der Waals surface area contributed by atoms with Crippen LogP contribution >= 0.6 is 0 Å². The summed E-state index contributed by atoms with van der Waals surface area (Å²) in [4.78, 5) is 4.18. The summed E-state index contributed by atoms with van der Waals surface area (Å²) in [5, 5.41) is 13.5. The van der Waals surface area contributed by atoms with Crippen LogP contribution in [0.5, 0.6) is 5.75 Å². The zero-order chi connectivity index (χ0) is 12.0. The van der Waals surface area contributed by atoms with Crippen molar-refractivity contribution in [1.82, 2.24) is 10.3 Å². The van der Waals surface area contributed by atoms with Crippen LogP contribution in [0.3, 0.4) is 0 Å². The fourth-order valence-corrected chi connectivity index (χ4v) is 1.55. The van der Waals surface area contributed by atoms with Crippen LogP contribution in [0.25, 0.3) is 0 Å². The summed E-state index contributed by atoms with van der Waals surface area (Å²) in [6, 6.07) is 3.59. The molecule has 4 heteroatoms. The van der Waals surface area contributed by atoms with Gasteiger partial charge in [0, 0.05) is 12.7 Å². The molecule has 0 fully saturated rings. The van der Waals surface area contributed by atoms with Gasteiger partial charge in [0.2, 0.25) is 0 Å². The van der Waals surface area contributed by atoms with Crippen molar-refractivity contribution in [2.24, 2.45) is 0 Å². The van der Waals surface area contributed by atoms with Crippen LogP contribution in [0.1, 0.15) is 26.0 Å². The predicted octanol–water partition coefficient (Wildman–Crippen LogP) is 1.30. The monoisotopic (exact) mass is 224 g/mol. The second kappa shape index (κ2) is 5.82. The molecule has 0 spiro atoms. The van der Waals surface area contributed by atoms with Crippen LogP contribution in [0, 0.1) is 0 Å². The number of hydrogen-bond donors (Lipinski definition) is 2. The number of nitrogens with zero attached hydrogens (tertiary/aromatic N) is 1. The molecule has 1 heterocycles. The molecule has 0 aromatic carbocycles. The summed E-state index contributed by atoms with van der Waals surface area (Å²) in [5.41, 5.74) is -0.442. The average molecular weight is 224 g/mol. The first-order valence-corrected chi connectivity index (χ1v) is 5.54. The lowest BCUT2D eigenvalue weighted by Crippen LogP contribution is -2.36. The summed E-state index contributed by atoms with van der Waals surface area (Å²) in [5.74, 6) is 0.616. The van der Waals surface area contributed by atoms with Gasteiger partial charge in [-0.2, -0.15) is 0 Å². The first kappa shape index (κ1) is 12.9. The molecule has 0 aliphatic heterocycles. The molecule has 0 aliphatic rings. The molecule has 1 atom stereocenters. The first-order chi connectivity index (χ1) is 7.61. The molecule has 1 aromatic heterocycles. The van der Waals surface area contributed by atoms with E-state index in [0.29, 0.717) is 18.0 Å². The molecule has 16 heavy (non-hydrogen) atoms. The highest BCUT2D eigenvalue weighted by Crippen LogP contribution is 2.26. The number of pyridine rings is 1. The van der Waals surface area contributed by atoms with E-state index in [-0.39, 0.29) is 0 Å². The van der Waals surface area contributed by atoms with Crippen LogP contribution in [-0.4, -0.2) is 30.3 Å². The van der Waals surface area contributed by atoms with Crippen LogP contribution in [0.15, 0.2) is 18.3 Å². The lowest BCUT2D eigenvalue weighted by Gasteiger charge is -2.24. The summed E-state index contributed by atoms with van der Waals surface area (Å²) in [6.45, 7) is 5.17. The maximum atomic E-state index is 10.3. The Morgan fingerprint density at radius 2 is 2.31 bits per heavy atom. The van der Waals surface area contributed by atoms with Gasteiger partial charge in [0.25, 0.3) is 0 Å². The lowest BCUT2D eigenvalue weighted by molar-refractivity contribution is 0.0499. The number of methoxy groups -OCH3 is 1. The van der Waals surface area contributed by atoms with E-state index in [1.807, 2.05) is 0 Å². The van der Waals surface area contributed by atoms with Gasteiger partial charge in [-0.1, -0.05) is 6.92 Å². The van der Waals surface area contributed by atoms with Gasteiger partial charge in [-0.05, 0) is 32.0 Å². The SMILES string of the molecule is CCCNCC(C)(O)c1ncccc1OC. The molecule has 0 saturated heterocycles. The van der Waals surface area contributed by atoms with Crippen LogP contribution < -0.4 is 10.1 Å². The molecule has 90 valence electrons. The normalized spacial score (nSPS) is 14.5. The topological polar surface area (TPSA) is 54.4 Å². The summed E-state index contributed by atoms with van der Waals surface area (Å²) < 4.78 is 5.19. The van der Waals surface area contributed by atoms with Crippen molar-refractivity contribution >= 4 is 0 Å². The van der Waals surface area contributed by atoms with Crippen LogP contribution in [-0.2, 0) is 5.60 Å². The molecule has 0 amide bonds. The maximum Gasteiger partial charge on any atom is 0.143 e. The molecule has 0 saturated carbocycles. The van der Waals surface area contributed by atoms with E-state index >= 15 is 0 Å². The summed E-state index contributed by atoms with van der Waals surface area (Å²) >= 11 is 0. The van der Waals surface area contributed by atoms with E-state index in [1.165, 1.54) is 0 Å². The van der Waals surface area contributed by atoms with Crippen molar-refractivity contribution in [3.63, 3.8) is 0 Å². The predicted molar refractivity (Wildman–Crippen MR) is 63.5 cm³/mol. The van der Waals surface area contributed by atoms with Gasteiger partial charge in [-0.15, -0.1) is 0 Å². The number of aromatic nitrogens is 1. The van der Waals surface area contributed by atoms with Crippen molar-refractivity contribution < 1.29 is 9.84 Å². The second-order valence-corrected chi connectivity index (χ2v) is 4.00. The largest absolute Gasteiger partial charge is 0.495 e. The van der Waals surface area contributed by atoms with Crippen molar-refractivity contribution in [1.29, 1.82) is 0 Å². The minimum absolute atomic E-state index is 0.466. The van der Waals surface area contributed by atoms with Crippen molar-refractivity contribution in [2.75, 3.05) is 20.2 Å². The van der Waals surface area contributed by atoms with Gasteiger partial charge in [-0.25, -0.2) is 0 Å². The van der Waals surface area contributed by atoms with E-state index in [2.05, 4.69) is 17.2 Å². The smallest absolute Gasteiger partial charge is 0.143 e. The van der Waals surface area contributed by atoms with E-state index in [0.717, 1.165) is 13.0 Å². The molecule has 1 rings (SSSR count). The molecule has 4 nitrogen and oxygen atoms in total. The lowest BCUT2D eigenvalue weighted by atomic mass is 10.0. The van der Waals surface area contributed by atoms with E-state index in [9.17, 15) is 5.11 Å². The number of nitrogens with one attached hydrogen (secondary N) is 1. The Kier molecular flexibility index (Phi) is 4.71. The van der Waals surface area contributed by atoms with Gasteiger partial charge in [0.1, 0.15) is 17.0 Å². The Labute approximate surface area is 96.7 Å². The molecule has 2 N–H and O–H groups in total. The fourth-order valence-electron chi connectivity index (χ4n) is 1.55. The molecule has 0 bridgehead atoms. The summed E-state index contributed by atoms with van der Waals surface area (Å²) in [6.07, 6.45) is 2.70. The number of ether oxygens (including phenoxy) is 1. The van der Waals surface area contributed by atoms with Gasteiger partial charge >= 0.3 is 0 Å². The van der Waals surface area contributed by atoms with Crippen molar-refractivity contribution in [2.45, 2.75) is 25.9 Å². The first-order valence-electron chi connectivity index (χ1n) is 5.54. The highest BCUT2D eigenvalue weighted by molar-refractivity contribution is 5.31. The van der Waals surface area contributed by atoms with E-state index in [1.54, 1.807) is 32.4 Å². The Hall–Kier alpha value is -1.13. The maximum absolute atomic E-state index is 10.3. The second-order valence-electron chi connectivity index (χ2n) is 4.00. The Morgan fingerprint density at radius 3 is 2.94 bits per heavy atom. The third-order valence-electron chi connectivity index (χ3n) is 2.40. The molecule has 1 aromatic rings. The van der Waals surface area contributed by atoms with Crippen molar-refractivity contribution in [3.05, 3.63) is 24.0 Å². The Morgan fingerprint density at radius 1 is 1.56 bits per heavy atom. The number of aliphatic hydroxyl groups is 1. The number of rotatable bonds is 6. The molecular formula is C12H20N2O2.